The number of carbonyl (C=O) groups excluding carboxylic acids is 1. The predicted molar refractivity (Wildman–Crippen MR) is 117 cm³/mol. The second kappa shape index (κ2) is 8.60. The molecule has 0 radical (unpaired) electrons. The van der Waals surface area contributed by atoms with Gasteiger partial charge in [-0.25, -0.2) is 17.6 Å². The van der Waals surface area contributed by atoms with E-state index in [9.17, 15) is 22.5 Å². The van der Waals surface area contributed by atoms with Crippen LogP contribution in [0.5, 0.6) is 0 Å². The van der Waals surface area contributed by atoms with E-state index in [2.05, 4.69) is 4.72 Å². The van der Waals surface area contributed by atoms with Crippen LogP contribution in [0, 0.1) is 29.3 Å². The zero-order valence-corrected chi connectivity index (χ0v) is 18.8. The smallest absolute Gasteiger partial charge is 0.229 e. The van der Waals surface area contributed by atoms with Crippen molar-refractivity contribution in [1.29, 1.82) is 0 Å². The molecule has 9 heteroatoms. The summed E-state index contributed by atoms with van der Waals surface area (Å²) in [6.45, 7) is 0. The minimum Gasteiger partial charge on any atom is -0.598 e. The van der Waals surface area contributed by atoms with Crippen LogP contribution in [0.4, 0.5) is 17.6 Å². The molecule has 1 N–H and O–H groups in total. The van der Waals surface area contributed by atoms with Gasteiger partial charge in [0.2, 0.25) is 5.91 Å². The Balaban J connectivity index is 1.49. The molecule has 2 saturated heterocycles. The van der Waals surface area contributed by atoms with Gasteiger partial charge >= 0.3 is 0 Å². The number of rotatable bonds is 6. The van der Waals surface area contributed by atoms with Gasteiger partial charge in [-0.15, -0.1) is 4.72 Å². The number of nitrogens with zero attached hydrogens (tertiary/aromatic N) is 1. The lowest BCUT2D eigenvalue weighted by Crippen LogP contribution is -2.70. The minimum absolute atomic E-state index is 0.0350. The molecule has 2 heterocycles. The summed E-state index contributed by atoms with van der Waals surface area (Å²) < 4.78 is 71.8. The Morgan fingerprint density at radius 1 is 1.15 bits per heavy atom. The van der Waals surface area contributed by atoms with Crippen LogP contribution in [-0.4, -0.2) is 45.9 Å². The molecular formula is C24H24F4N2O2S. The summed E-state index contributed by atoms with van der Waals surface area (Å²) >= 11 is -1.35. The number of hydrogen-bond acceptors (Lipinski definition) is 3. The number of amides is 1. The number of fused-ring (bicyclic) bond motifs is 2. The molecule has 2 aromatic carbocycles. The van der Waals surface area contributed by atoms with Crippen molar-refractivity contribution in [3.8, 4) is 11.1 Å². The lowest BCUT2D eigenvalue weighted by molar-refractivity contribution is -0.151. The van der Waals surface area contributed by atoms with Crippen molar-refractivity contribution in [2.75, 3.05) is 6.26 Å². The van der Waals surface area contributed by atoms with Crippen LogP contribution in [0.1, 0.15) is 24.8 Å². The molecule has 6 rings (SSSR count). The van der Waals surface area contributed by atoms with Gasteiger partial charge in [0.15, 0.2) is 0 Å². The third kappa shape index (κ3) is 4.26. The molecule has 4 aliphatic rings. The molecule has 2 aromatic rings. The van der Waals surface area contributed by atoms with E-state index < -0.39 is 46.9 Å². The second-order valence-corrected chi connectivity index (χ2v) is 10.4. The first-order chi connectivity index (χ1) is 15.7. The number of hydrogen-bond donors (Lipinski definition) is 1. The molecule has 4 fully saturated rings. The molecule has 5 atom stereocenters. The summed E-state index contributed by atoms with van der Waals surface area (Å²) in [5.74, 6) is -2.98. The topological polar surface area (TPSA) is 55.4 Å². The van der Waals surface area contributed by atoms with Crippen LogP contribution in [0.15, 0.2) is 36.4 Å². The molecule has 176 valence electrons. The van der Waals surface area contributed by atoms with Crippen LogP contribution >= 0.6 is 0 Å². The summed E-state index contributed by atoms with van der Waals surface area (Å²) in [7, 11) is 0. The van der Waals surface area contributed by atoms with E-state index in [-0.39, 0.29) is 53.4 Å². The van der Waals surface area contributed by atoms with Crippen molar-refractivity contribution in [2.45, 2.75) is 50.0 Å². The molecular weight excluding hydrogens is 456 g/mol. The lowest BCUT2D eigenvalue weighted by Gasteiger charge is -2.57. The molecule has 4 nitrogen and oxygen atoms in total. The zero-order valence-electron chi connectivity index (χ0n) is 17.9. The first kappa shape index (κ1) is 22.7. The average Bonchev–Trinajstić information content (AvgIpc) is 3.44. The van der Waals surface area contributed by atoms with Gasteiger partial charge < -0.3 is 9.45 Å². The highest BCUT2D eigenvalue weighted by molar-refractivity contribution is 7.88. The second-order valence-electron chi connectivity index (χ2n) is 9.30. The third-order valence-electron chi connectivity index (χ3n) is 7.09. The zero-order chi connectivity index (χ0) is 23.4. The molecule has 0 spiro atoms. The van der Waals surface area contributed by atoms with Crippen molar-refractivity contribution in [3.63, 3.8) is 0 Å². The van der Waals surface area contributed by atoms with Gasteiger partial charge in [-0.1, -0.05) is 18.2 Å². The van der Waals surface area contributed by atoms with E-state index in [0.29, 0.717) is 0 Å². The fourth-order valence-corrected chi connectivity index (χ4v) is 6.08. The van der Waals surface area contributed by atoms with Gasteiger partial charge in [0.05, 0.1) is 18.0 Å². The highest BCUT2D eigenvalue weighted by Crippen LogP contribution is 2.47. The molecule has 2 aliphatic carbocycles. The number of carbonyl (C=O) groups is 1. The maximum absolute atomic E-state index is 15.5. The standard InChI is InChI=1S/C24H24F4N2O2S/c1-33(32)29-23-14-7-17(8-14)30(24(31)19-11-20(19)27)21(23)9-12-3-2-4-18(22(12)28)13-5-15(25)10-16(26)6-13/h2-6,10,14,17,19-21,23,29H,7-9,11H2,1H3/t14?,17?,19?,20-,21-,23-,33?/m0/s1. The molecule has 2 saturated carbocycles. The van der Waals surface area contributed by atoms with Gasteiger partial charge in [0, 0.05) is 29.0 Å². The number of benzene rings is 2. The van der Waals surface area contributed by atoms with Gasteiger partial charge in [-0.2, -0.15) is 0 Å². The Kier molecular flexibility index (Phi) is 5.91. The van der Waals surface area contributed by atoms with E-state index in [1.54, 1.807) is 17.0 Å². The minimum atomic E-state index is -1.35. The Morgan fingerprint density at radius 3 is 2.42 bits per heavy atom. The van der Waals surface area contributed by atoms with Crippen LogP contribution in [0.3, 0.4) is 0 Å². The largest absolute Gasteiger partial charge is 0.598 e. The first-order valence-corrected chi connectivity index (χ1v) is 12.6. The fourth-order valence-electron chi connectivity index (χ4n) is 5.35. The highest BCUT2D eigenvalue weighted by atomic mass is 32.2. The van der Waals surface area contributed by atoms with Crippen molar-refractivity contribution in [3.05, 3.63) is 59.4 Å². The normalized spacial score (nSPS) is 31.2. The summed E-state index contributed by atoms with van der Waals surface area (Å²) in [6, 6.07) is 6.62. The third-order valence-corrected chi connectivity index (χ3v) is 7.69. The molecule has 2 aliphatic heterocycles. The molecule has 0 aromatic heterocycles. The summed E-state index contributed by atoms with van der Waals surface area (Å²) in [5, 5.41) is 0. The van der Waals surface area contributed by atoms with Crippen molar-refractivity contribution in [2.24, 2.45) is 11.8 Å². The van der Waals surface area contributed by atoms with Gasteiger partial charge in [-0.05, 0) is 54.9 Å². The SMILES string of the molecule is C[S+]([O-])N[C@H]1C2CC(C2)N(C(=O)C2C[C@@H]2F)[C@H]1Cc1cccc(-c2cc(F)cc(F)c2)c1F. The Labute approximate surface area is 192 Å². The lowest BCUT2D eigenvalue weighted by atomic mass is 9.66. The number of halogens is 4. The number of nitrogens with one attached hydrogen (secondary N) is 1. The van der Waals surface area contributed by atoms with Crippen LogP contribution < -0.4 is 4.72 Å². The van der Waals surface area contributed by atoms with Crippen molar-refractivity contribution in [1.82, 2.24) is 9.62 Å². The van der Waals surface area contributed by atoms with E-state index in [1.807, 2.05) is 0 Å². The molecule has 2 unspecified atom stereocenters. The monoisotopic (exact) mass is 480 g/mol. The molecule has 33 heavy (non-hydrogen) atoms. The van der Waals surface area contributed by atoms with Gasteiger partial charge in [-0.3, -0.25) is 4.79 Å². The summed E-state index contributed by atoms with van der Waals surface area (Å²) in [4.78, 5) is 14.8. The first-order valence-electron chi connectivity index (χ1n) is 11.0. The van der Waals surface area contributed by atoms with E-state index in [1.165, 1.54) is 12.3 Å². The molecule has 1 amide bonds. The quantitative estimate of drug-likeness (QED) is 0.504. The van der Waals surface area contributed by atoms with E-state index in [4.69, 9.17) is 0 Å². The van der Waals surface area contributed by atoms with E-state index in [0.717, 1.165) is 31.0 Å². The summed E-state index contributed by atoms with van der Waals surface area (Å²) in [5.41, 5.74) is 0.413. The maximum Gasteiger partial charge on any atom is 0.229 e. The Morgan fingerprint density at radius 2 is 1.82 bits per heavy atom. The summed E-state index contributed by atoms with van der Waals surface area (Å²) in [6.07, 6.45) is 2.16. The van der Waals surface area contributed by atoms with Gasteiger partial charge in [0.25, 0.3) is 0 Å². The van der Waals surface area contributed by atoms with Gasteiger partial charge in [0.1, 0.15) is 29.9 Å². The fraction of sp³-hybridized carbons (Fsp3) is 0.458. The Bertz CT molecular complexity index is 1060. The van der Waals surface area contributed by atoms with E-state index >= 15 is 4.39 Å². The Hall–Kier alpha value is -2.10. The molecule has 2 bridgehead atoms. The number of alkyl halides is 1. The van der Waals surface area contributed by atoms with Crippen LogP contribution in [0.25, 0.3) is 11.1 Å². The van der Waals surface area contributed by atoms with Crippen LogP contribution in [-0.2, 0) is 22.6 Å². The maximum atomic E-state index is 15.5. The predicted octanol–water partition coefficient (Wildman–Crippen LogP) is 3.91. The average molecular weight is 481 g/mol. The highest BCUT2D eigenvalue weighted by Gasteiger charge is 2.57. The van der Waals surface area contributed by atoms with Crippen molar-refractivity contribution < 1.29 is 26.9 Å². The number of piperidine rings is 2. The van der Waals surface area contributed by atoms with Crippen molar-refractivity contribution >= 4 is 17.3 Å². The van der Waals surface area contributed by atoms with Crippen LogP contribution in [0.2, 0.25) is 0 Å².